The Morgan fingerprint density at radius 3 is 2.50 bits per heavy atom. The fraction of sp³-hybridized carbons (Fsp3) is 0.435. The van der Waals surface area contributed by atoms with Crippen LogP contribution < -0.4 is 20.5 Å². The lowest BCUT2D eigenvalue weighted by Crippen LogP contribution is -2.33. The number of rotatable bonds is 7. The third-order valence-corrected chi connectivity index (χ3v) is 5.32. The van der Waals surface area contributed by atoms with Gasteiger partial charge in [-0.3, -0.25) is 9.89 Å². The number of hydrogen-bond donors (Lipinski definition) is 2. The second kappa shape index (κ2) is 11.4. The molecule has 1 aliphatic rings. The van der Waals surface area contributed by atoms with Gasteiger partial charge in [0, 0.05) is 25.3 Å². The lowest BCUT2D eigenvalue weighted by Gasteiger charge is -2.29. The SMILES string of the molecule is COc1cc2c(cc1OC)CN(CCN=C(N)Nc1cccc(C(C)C)c1)CC2.I. The Morgan fingerprint density at radius 2 is 1.83 bits per heavy atom. The molecule has 0 amide bonds. The first kappa shape index (κ1) is 24.3. The predicted octanol–water partition coefficient (Wildman–Crippen LogP) is 4.23. The van der Waals surface area contributed by atoms with Crippen molar-refractivity contribution in [3.63, 3.8) is 0 Å². The first-order valence-electron chi connectivity index (χ1n) is 10.1. The Bertz CT molecular complexity index is 870. The lowest BCUT2D eigenvalue weighted by molar-refractivity contribution is 0.260. The highest BCUT2D eigenvalue weighted by Gasteiger charge is 2.19. The van der Waals surface area contributed by atoms with E-state index < -0.39 is 0 Å². The molecular weight excluding hydrogens is 491 g/mol. The highest BCUT2D eigenvalue weighted by atomic mass is 127. The molecule has 0 fully saturated rings. The fourth-order valence-electron chi connectivity index (χ4n) is 3.61. The number of methoxy groups -OCH3 is 2. The van der Waals surface area contributed by atoms with Crippen LogP contribution in [0.2, 0.25) is 0 Å². The van der Waals surface area contributed by atoms with Gasteiger partial charge in [-0.15, -0.1) is 24.0 Å². The summed E-state index contributed by atoms with van der Waals surface area (Å²) in [5, 5.41) is 3.20. The molecular formula is C23H33IN4O2. The summed E-state index contributed by atoms with van der Waals surface area (Å²) in [5.41, 5.74) is 11.0. The van der Waals surface area contributed by atoms with Crippen LogP contribution in [0.3, 0.4) is 0 Å². The van der Waals surface area contributed by atoms with Gasteiger partial charge in [-0.05, 0) is 53.3 Å². The van der Waals surface area contributed by atoms with Crippen molar-refractivity contribution >= 4 is 35.6 Å². The van der Waals surface area contributed by atoms with Crippen molar-refractivity contribution in [1.82, 2.24) is 4.90 Å². The number of benzene rings is 2. The van der Waals surface area contributed by atoms with E-state index in [9.17, 15) is 0 Å². The zero-order valence-corrected chi connectivity index (χ0v) is 20.6. The Hall–Kier alpha value is -2.00. The van der Waals surface area contributed by atoms with Crippen molar-refractivity contribution in [1.29, 1.82) is 0 Å². The standard InChI is InChI=1S/C23H32N4O2.HI/c1-16(2)17-6-5-7-20(12-17)26-23(24)25-9-11-27-10-8-18-13-21(28-3)22(29-4)14-19(18)15-27;/h5-7,12-14,16H,8-11,15H2,1-4H3,(H3,24,25,26);1H. The molecule has 0 unspecified atom stereocenters. The van der Waals surface area contributed by atoms with Gasteiger partial charge in [0.2, 0.25) is 0 Å². The maximum absolute atomic E-state index is 6.08. The Labute approximate surface area is 196 Å². The summed E-state index contributed by atoms with van der Waals surface area (Å²) in [6.45, 7) is 7.77. The molecule has 1 heterocycles. The second-order valence-corrected chi connectivity index (χ2v) is 7.67. The van der Waals surface area contributed by atoms with Gasteiger partial charge in [0.1, 0.15) is 0 Å². The van der Waals surface area contributed by atoms with Gasteiger partial charge in [-0.1, -0.05) is 26.0 Å². The first-order valence-corrected chi connectivity index (χ1v) is 10.1. The van der Waals surface area contributed by atoms with E-state index in [1.807, 2.05) is 12.1 Å². The summed E-state index contributed by atoms with van der Waals surface area (Å²) in [6.07, 6.45) is 0.995. The van der Waals surface area contributed by atoms with E-state index in [0.29, 0.717) is 18.4 Å². The minimum absolute atomic E-state index is 0. The first-order chi connectivity index (χ1) is 14.0. The molecule has 6 nitrogen and oxygen atoms in total. The minimum Gasteiger partial charge on any atom is -0.493 e. The number of fused-ring (bicyclic) bond motifs is 1. The molecule has 2 aromatic carbocycles. The van der Waals surface area contributed by atoms with Gasteiger partial charge >= 0.3 is 0 Å². The maximum Gasteiger partial charge on any atom is 0.193 e. The number of ether oxygens (including phenoxy) is 2. The van der Waals surface area contributed by atoms with E-state index in [2.05, 4.69) is 53.3 Å². The van der Waals surface area contributed by atoms with Crippen LogP contribution in [-0.4, -0.2) is 44.7 Å². The highest BCUT2D eigenvalue weighted by Crippen LogP contribution is 2.33. The van der Waals surface area contributed by atoms with Crippen molar-refractivity contribution in [2.45, 2.75) is 32.7 Å². The number of nitrogens with one attached hydrogen (secondary N) is 1. The van der Waals surface area contributed by atoms with E-state index >= 15 is 0 Å². The van der Waals surface area contributed by atoms with E-state index in [1.54, 1.807) is 14.2 Å². The largest absolute Gasteiger partial charge is 0.493 e. The van der Waals surface area contributed by atoms with E-state index in [0.717, 1.165) is 43.2 Å². The number of halogens is 1. The quantitative estimate of drug-likeness (QED) is 0.322. The molecule has 0 saturated heterocycles. The van der Waals surface area contributed by atoms with Crippen LogP contribution in [0.4, 0.5) is 5.69 Å². The zero-order chi connectivity index (χ0) is 20.8. The average Bonchev–Trinajstić information content (AvgIpc) is 2.72. The topological polar surface area (TPSA) is 72.1 Å². The van der Waals surface area contributed by atoms with Crippen LogP contribution in [0.5, 0.6) is 11.5 Å². The van der Waals surface area contributed by atoms with Crippen LogP contribution in [0, 0.1) is 0 Å². The maximum atomic E-state index is 6.08. The molecule has 7 heteroatoms. The number of aliphatic imine (C=N–C) groups is 1. The van der Waals surface area contributed by atoms with Crippen molar-refractivity contribution in [3.05, 3.63) is 53.1 Å². The molecule has 0 bridgehead atoms. The molecule has 0 atom stereocenters. The summed E-state index contributed by atoms with van der Waals surface area (Å²) in [4.78, 5) is 6.90. The van der Waals surface area contributed by atoms with Crippen LogP contribution >= 0.6 is 24.0 Å². The number of guanidine groups is 1. The summed E-state index contributed by atoms with van der Waals surface area (Å²) >= 11 is 0. The smallest absolute Gasteiger partial charge is 0.193 e. The van der Waals surface area contributed by atoms with E-state index in [4.69, 9.17) is 15.2 Å². The van der Waals surface area contributed by atoms with E-state index in [-0.39, 0.29) is 24.0 Å². The molecule has 2 aromatic rings. The molecule has 0 aliphatic carbocycles. The number of anilines is 1. The van der Waals surface area contributed by atoms with Crippen LogP contribution in [0.25, 0.3) is 0 Å². The summed E-state index contributed by atoms with van der Waals surface area (Å²) in [6, 6.07) is 12.5. The van der Waals surface area contributed by atoms with E-state index in [1.165, 1.54) is 16.7 Å². The molecule has 3 N–H and O–H groups in total. The van der Waals surface area contributed by atoms with Gasteiger partial charge in [-0.25, -0.2) is 0 Å². The van der Waals surface area contributed by atoms with Crippen molar-refractivity contribution in [2.75, 3.05) is 39.2 Å². The van der Waals surface area contributed by atoms with Gasteiger partial charge < -0.3 is 20.5 Å². The normalized spacial score (nSPS) is 14.1. The van der Waals surface area contributed by atoms with Gasteiger partial charge in [0.05, 0.1) is 20.8 Å². The Kier molecular flexibility index (Phi) is 9.23. The molecule has 30 heavy (non-hydrogen) atoms. The third kappa shape index (κ3) is 6.25. The minimum atomic E-state index is 0. The number of nitrogens with two attached hydrogens (primary N) is 1. The molecule has 0 aromatic heterocycles. The predicted molar refractivity (Wildman–Crippen MR) is 135 cm³/mol. The summed E-state index contributed by atoms with van der Waals surface area (Å²) in [7, 11) is 3.35. The van der Waals surface area contributed by atoms with Gasteiger partial charge in [0.15, 0.2) is 17.5 Å². The molecule has 1 aliphatic heterocycles. The molecule has 0 radical (unpaired) electrons. The summed E-state index contributed by atoms with van der Waals surface area (Å²) in [5.74, 6) is 2.51. The van der Waals surface area contributed by atoms with Gasteiger partial charge in [0.25, 0.3) is 0 Å². The van der Waals surface area contributed by atoms with Crippen molar-refractivity contribution in [3.8, 4) is 11.5 Å². The second-order valence-electron chi connectivity index (χ2n) is 7.67. The van der Waals surface area contributed by atoms with Crippen molar-refractivity contribution < 1.29 is 9.47 Å². The van der Waals surface area contributed by atoms with Crippen molar-refractivity contribution in [2.24, 2.45) is 10.7 Å². The number of hydrogen-bond acceptors (Lipinski definition) is 4. The Balaban J connectivity index is 0.00000320. The van der Waals surface area contributed by atoms with Crippen LogP contribution in [0.15, 0.2) is 41.4 Å². The zero-order valence-electron chi connectivity index (χ0n) is 18.3. The summed E-state index contributed by atoms with van der Waals surface area (Å²) < 4.78 is 10.9. The fourth-order valence-corrected chi connectivity index (χ4v) is 3.61. The third-order valence-electron chi connectivity index (χ3n) is 5.32. The lowest BCUT2D eigenvalue weighted by atomic mass is 9.99. The molecule has 164 valence electrons. The highest BCUT2D eigenvalue weighted by molar-refractivity contribution is 14.0. The van der Waals surface area contributed by atoms with Gasteiger partial charge in [-0.2, -0.15) is 0 Å². The molecule has 0 spiro atoms. The monoisotopic (exact) mass is 524 g/mol. The Morgan fingerprint density at radius 1 is 1.13 bits per heavy atom. The molecule has 3 rings (SSSR count). The molecule has 0 saturated carbocycles. The number of nitrogens with zero attached hydrogens (tertiary/aromatic N) is 2. The van der Waals surface area contributed by atoms with Crippen LogP contribution in [-0.2, 0) is 13.0 Å². The average molecular weight is 524 g/mol. The van der Waals surface area contributed by atoms with Crippen LogP contribution in [0.1, 0.15) is 36.5 Å².